The topological polar surface area (TPSA) is 33.1 Å². The second kappa shape index (κ2) is 5.37. The Morgan fingerprint density at radius 1 is 0.895 bits per heavy atom. The van der Waals surface area contributed by atoms with E-state index in [1.807, 2.05) is 36.4 Å². The van der Waals surface area contributed by atoms with Crippen molar-refractivity contribution in [3.05, 3.63) is 71.8 Å². The van der Waals surface area contributed by atoms with Gasteiger partial charge in [-0.15, -0.1) is 0 Å². The Morgan fingerprint density at radius 2 is 1.37 bits per heavy atom. The Balaban J connectivity index is 1.98. The Labute approximate surface area is 113 Å². The van der Waals surface area contributed by atoms with Crippen LogP contribution < -0.4 is 0 Å². The molecule has 0 unspecified atom stereocenters. The zero-order valence-corrected chi connectivity index (χ0v) is 10.8. The van der Waals surface area contributed by atoms with Gasteiger partial charge in [-0.3, -0.25) is 0 Å². The monoisotopic (exact) mass is 251 g/mol. The van der Waals surface area contributed by atoms with Crippen LogP contribution in [0.2, 0.25) is 0 Å². The molecule has 19 heavy (non-hydrogen) atoms. The molecule has 2 aromatic carbocycles. The molecule has 96 valence electrons. The van der Waals surface area contributed by atoms with E-state index in [9.17, 15) is 0 Å². The molecule has 2 nitrogen and oxygen atoms in total. The minimum atomic E-state index is 0.0521. The van der Waals surface area contributed by atoms with Crippen LogP contribution in [0.15, 0.2) is 60.7 Å². The zero-order valence-electron chi connectivity index (χ0n) is 10.8. The number of rotatable bonds is 4. The lowest BCUT2D eigenvalue weighted by Gasteiger charge is -2.31. The van der Waals surface area contributed by atoms with Gasteiger partial charge in [0.05, 0.1) is 13.2 Å². The van der Waals surface area contributed by atoms with E-state index in [-0.39, 0.29) is 11.8 Å². The summed E-state index contributed by atoms with van der Waals surface area (Å²) in [4.78, 5) is 0. The molecule has 1 N–H and O–H groups in total. The maximum Gasteiger partial charge on any atom is 0.0569 e. The van der Waals surface area contributed by atoms with Gasteiger partial charge in [0.25, 0.3) is 0 Å². The second-order valence-corrected chi connectivity index (χ2v) is 4.94. The standard InChI is InChI=1S/C17H17NO/c18-17(15-11-19-12-15)16(13-7-3-1-4-8-13)14-9-5-2-6-10-14/h1-10,15-16,18H,11-12H2. The van der Waals surface area contributed by atoms with E-state index in [1.165, 1.54) is 11.1 Å². The van der Waals surface area contributed by atoms with Crippen LogP contribution in [-0.2, 0) is 4.74 Å². The lowest BCUT2D eigenvalue weighted by Crippen LogP contribution is -2.37. The van der Waals surface area contributed by atoms with E-state index in [1.54, 1.807) is 0 Å². The largest absolute Gasteiger partial charge is 0.380 e. The maximum atomic E-state index is 8.50. The van der Waals surface area contributed by atoms with Crippen LogP contribution in [0.1, 0.15) is 17.0 Å². The molecule has 1 fully saturated rings. The molecule has 0 amide bonds. The van der Waals surface area contributed by atoms with Crippen molar-refractivity contribution in [3.8, 4) is 0 Å². The highest BCUT2D eigenvalue weighted by molar-refractivity contribution is 5.93. The number of nitrogens with one attached hydrogen (secondary N) is 1. The number of ether oxygens (including phenoxy) is 1. The SMILES string of the molecule is N=C(C1COC1)C(c1ccccc1)c1ccccc1. The highest BCUT2D eigenvalue weighted by Crippen LogP contribution is 2.30. The van der Waals surface area contributed by atoms with Crippen molar-refractivity contribution in [2.75, 3.05) is 13.2 Å². The van der Waals surface area contributed by atoms with Gasteiger partial charge >= 0.3 is 0 Å². The van der Waals surface area contributed by atoms with Gasteiger partial charge in [-0.05, 0) is 11.1 Å². The van der Waals surface area contributed by atoms with Gasteiger partial charge in [0, 0.05) is 17.5 Å². The van der Waals surface area contributed by atoms with Crippen molar-refractivity contribution >= 4 is 5.71 Å². The first-order valence-electron chi connectivity index (χ1n) is 6.62. The molecule has 1 heterocycles. The van der Waals surface area contributed by atoms with Crippen molar-refractivity contribution in [3.63, 3.8) is 0 Å². The molecule has 1 saturated heterocycles. The van der Waals surface area contributed by atoms with Gasteiger partial charge in [0.1, 0.15) is 0 Å². The summed E-state index contributed by atoms with van der Waals surface area (Å²) < 4.78 is 5.24. The van der Waals surface area contributed by atoms with E-state index >= 15 is 0 Å². The molecular weight excluding hydrogens is 234 g/mol. The summed E-state index contributed by atoms with van der Waals surface area (Å²) in [5.74, 6) is 0.321. The van der Waals surface area contributed by atoms with Crippen LogP contribution >= 0.6 is 0 Å². The first-order valence-corrected chi connectivity index (χ1v) is 6.62. The molecule has 0 saturated carbocycles. The fourth-order valence-corrected chi connectivity index (χ4v) is 2.49. The molecule has 1 aliphatic heterocycles. The van der Waals surface area contributed by atoms with Crippen molar-refractivity contribution < 1.29 is 4.74 Å². The fourth-order valence-electron chi connectivity index (χ4n) is 2.49. The van der Waals surface area contributed by atoms with Crippen LogP contribution in [0.25, 0.3) is 0 Å². The first-order chi connectivity index (χ1) is 9.36. The summed E-state index contributed by atoms with van der Waals surface area (Å²) in [5.41, 5.74) is 3.14. The molecule has 0 atom stereocenters. The highest BCUT2D eigenvalue weighted by atomic mass is 16.5. The molecule has 0 bridgehead atoms. The van der Waals surface area contributed by atoms with Crippen molar-refractivity contribution in [2.45, 2.75) is 5.92 Å². The van der Waals surface area contributed by atoms with Crippen molar-refractivity contribution in [1.29, 1.82) is 5.41 Å². The predicted octanol–water partition coefficient (Wildman–Crippen LogP) is 3.48. The normalized spacial score (nSPS) is 15.2. The quantitative estimate of drug-likeness (QED) is 0.829. The third-order valence-corrected chi connectivity index (χ3v) is 3.65. The van der Waals surface area contributed by atoms with E-state index in [0.29, 0.717) is 13.2 Å². The number of hydrogen-bond acceptors (Lipinski definition) is 2. The molecule has 3 rings (SSSR count). The zero-order chi connectivity index (χ0) is 13.1. The van der Waals surface area contributed by atoms with E-state index in [4.69, 9.17) is 10.1 Å². The third-order valence-electron chi connectivity index (χ3n) is 3.65. The van der Waals surface area contributed by atoms with Crippen molar-refractivity contribution in [2.24, 2.45) is 5.92 Å². The lowest BCUT2D eigenvalue weighted by atomic mass is 9.81. The van der Waals surface area contributed by atoms with Crippen LogP contribution in [0, 0.1) is 11.3 Å². The molecule has 0 radical (unpaired) electrons. The molecule has 0 aromatic heterocycles. The molecular formula is C17H17NO. The summed E-state index contributed by atoms with van der Waals surface area (Å²) in [6.07, 6.45) is 0. The Bertz CT molecular complexity index is 506. The fraction of sp³-hybridized carbons (Fsp3) is 0.235. The lowest BCUT2D eigenvalue weighted by molar-refractivity contribution is 0.000461. The van der Waals surface area contributed by atoms with Crippen molar-refractivity contribution in [1.82, 2.24) is 0 Å². The summed E-state index contributed by atoms with van der Waals surface area (Å²) in [7, 11) is 0. The smallest absolute Gasteiger partial charge is 0.0569 e. The molecule has 1 aliphatic rings. The molecule has 0 aliphatic carbocycles. The van der Waals surface area contributed by atoms with Gasteiger partial charge in [-0.25, -0.2) is 0 Å². The Morgan fingerprint density at radius 3 is 1.74 bits per heavy atom. The van der Waals surface area contributed by atoms with Crippen LogP contribution in [0.4, 0.5) is 0 Å². The number of benzene rings is 2. The minimum absolute atomic E-state index is 0.0521. The van der Waals surface area contributed by atoms with E-state index < -0.39 is 0 Å². The van der Waals surface area contributed by atoms with Gasteiger partial charge in [-0.1, -0.05) is 60.7 Å². The summed E-state index contributed by atoms with van der Waals surface area (Å²) in [6.45, 7) is 1.38. The Hall–Kier alpha value is -1.93. The molecule has 0 spiro atoms. The van der Waals surface area contributed by atoms with Gasteiger partial charge < -0.3 is 10.1 Å². The highest BCUT2D eigenvalue weighted by Gasteiger charge is 2.30. The number of hydrogen-bond donors (Lipinski definition) is 1. The van der Waals surface area contributed by atoms with E-state index in [0.717, 1.165) is 5.71 Å². The van der Waals surface area contributed by atoms with Gasteiger partial charge in [0.15, 0.2) is 0 Å². The second-order valence-electron chi connectivity index (χ2n) is 4.94. The van der Waals surface area contributed by atoms with Gasteiger partial charge in [0.2, 0.25) is 0 Å². The predicted molar refractivity (Wildman–Crippen MR) is 76.8 cm³/mol. The summed E-state index contributed by atoms with van der Waals surface area (Å²) in [6, 6.07) is 20.6. The first kappa shape index (κ1) is 12.1. The average Bonchev–Trinajstić information content (AvgIpc) is 2.39. The van der Waals surface area contributed by atoms with Crippen LogP contribution in [0.5, 0.6) is 0 Å². The maximum absolute atomic E-state index is 8.50. The summed E-state index contributed by atoms with van der Waals surface area (Å²) >= 11 is 0. The van der Waals surface area contributed by atoms with E-state index in [2.05, 4.69) is 24.3 Å². The third kappa shape index (κ3) is 2.45. The van der Waals surface area contributed by atoms with Crippen LogP contribution in [-0.4, -0.2) is 18.9 Å². The molecule has 2 heteroatoms. The Kier molecular flexibility index (Phi) is 3.43. The van der Waals surface area contributed by atoms with Crippen LogP contribution in [0.3, 0.4) is 0 Å². The molecule has 2 aromatic rings. The minimum Gasteiger partial charge on any atom is -0.380 e. The average molecular weight is 251 g/mol. The van der Waals surface area contributed by atoms with Gasteiger partial charge in [-0.2, -0.15) is 0 Å². The summed E-state index contributed by atoms with van der Waals surface area (Å²) in [5, 5.41) is 8.50.